The average molecular weight is 545 g/mol. The Labute approximate surface area is 224 Å². The number of methoxy groups -OCH3 is 1. The normalized spacial score (nSPS) is 16.9. The van der Waals surface area contributed by atoms with Gasteiger partial charge in [0.2, 0.25) is 0 Å². The Morgan fingerprint density at radius 3 is 2.82 bits per heavy atom. The number of carbonyl (C=O) groups excluding carboxylic acids is 1. The van der Waals surface area contributed by atoms with Gasteiger partial charge >= 0.3 is 12.2 Å². The largest absolute Gasteiger partial charge is 0.484 e. The molecule has 0 spiro atoms. The highest BCUT2D eigenvalue weighted by atomic mass is 19.4. The van der Waals surface area contributed by atoms with Gasteiger partial charge in [-0.3, -0.25) is 9.48 Å². The molecule has 39 heavy (non-hydrogen) atoms. The monoisotopic (exact) mass is 544 g/mol. The molecule has 1 unspecified atom stereocenters. The van der Waals surface area contributed by atoms with Crippen LogP contribution in [0.15, 0.2) is 36.5 Å². The van der Waals surface area contributed by atoms with Gasteiger partial charge in [-0.25, -0.2) is 4.98 Å². The van der Waals surface area contributed by atoms with E-state index in [1.54, 1.807) is 24.4 Å². The maximum Gasteiger partial charge on any atom is 0.422 e. The maximum atomic E-state index is 13.3. The minimum atomic E-state index is -4.39. The van der Waals surface area contributed by atoms with Gasteiger partial charge in [0.05, 0.1) is 30.6 Å². The van der Waals surface area contributed by atoms with Crippen LogP contribution in [0.5, 0.6) is 11.8 Å². The maximum absolute atomic E-state index is 13.3. The van der Waals surface area contributed by atoms with Gasteiger partial charge in [-0.15, -0.1) is 0 Å². The fraction of sp³-hybridized carbons (Fsp3) is 0.481. The van der Waals surface area contributed by atoms with E-state index in [1.807, 2.05) is 10.7 Å². The first-order valence-electron chi connectivity index (χ1n) is 13.1. The minimum absolute atomic E-state index is 0.136. The summed E-state index contributed by atoms with van der Waals surface area (Å²) in [7, 11) is 1.50. The molecule has 1 aliphatic heterocycles. The van der Waals surface area contributed by atoms with Gasteiger partial charge in [-0.05, 0) is 48.9 Å². The highest BCUT2D eigenvalue weighted by Crippen LogP contribution is 2.33. The Kier molecular flexibility index (Phi) is 7.89. The summed E-state index contributed by atoms with van der Waals surface area (Å²) in [5.74, 6) is 1.31. The van der Waals surface area contributed by atoms with Crippen LogP contribution in [-0.4, -0.2) is 51.6 Å². The van der Waals surface area contributed by atoms with E-state index in [1.165, 1.54) is 26.0 Å². The fourth-order valence-corrected chi connectivity index (χ4v) is 4.76. The number of aromatic nitrogens is 4. The number of rotatable bonds is 12. The van der Waals surface area contributed by atoms with Crippen molar-refractivity contribution in [3.8, 4) is 11.8 Å². The zero-order valence-electron chi connectivity index (χ0n) is 21.6. The van der Waals surface area contributed by atoms with Crippen LogP contribution in [0.3, 0.4) is 0 Å². The van der Waals surface area contributed by atoms with Gasteiger partial charge in [-0.2, -0.15) is 23.3 Å². The van der Waals surface area contributed by atoms with E-state index >= 15 is 0 Å². The molecule has 1 amide bonds. The Morgan fingerprint density at radius 1 is 1.21 bits per heavy atom. The number of amides is 1. The van der Waals surface area contributed by atoms with Gasteiger partial charge in [0.25, 0.3) is 5.91 Å². The number of ether oxygens (including phenoxy) is 2. The molecule has 2 aliphatic rings. The van der Waals surface area contributed by atoms with E-state index in [-0.39, 0.29) is 23.7 Å². The lowest BCUT2D eigenvalue weighted by molar-refractivity contribution is -0.153. The lowest BCUT2D eigenvalue weighted by Crippen LogP contribution is -2.41. The van der Waals surface area contributed by atoms with Crippen molar-refractivity contribution in [3.63, 3.8) is 0 Å². The van der Waals surface area contributed by atoms with E-state index < -0.39 is 12.8 Å². The molecule has 1 aliphatic carbocycles. The van der Waals surface area contributed by atoms with Crippen LogP contribution in [0.1, 0.15) is 53.0 Å². The summed E-state index contributed by atoms with van der Waals surface area (Å²) in [6.45, 7) is -0.219. The van der Waals surface area contributed by atoms with Crippen LogP contribution in [-0.2, 0) is 25.9 Å². The van der Waals surface area contributed by atoms with Crippen molar-refractivity contribution in [1.82, 2.24) is 25.1 Å². The number of benzene rings is 1. The van der Waals surface area contributed by atoms with Crippen molar-refractivity contribution < 1.29 is 27.4 Å². The molecule has 3 aromatic rings. The average Bonchev–Trinajstić information content (AvgIpc) is 3.68. The molecule has 0 radical (unpaired) electrons. The second-order valence-electron chi connectivity index (χ2n) is 9.97. The molecule has 5 rings (SSSR count). The van der Waals surface area contributed by atoms with Crippen molar-refractivity contribution in [3.05, 3.63) is 59.0 Å². The minimum Gasteiger partial charge on any atom is -0.484 e. The number of nitrogens with one attached hydrogen (secondary N) is 2. The highest BCUT2D eigenvalue weighted by Gasteiger charge is 2.32. The molecule has 12 heteroatoms. The summed E-state index contributed by atoms with van der Waals surface area (Å²) in [5, 5.41) is 11.2. The zero-order valence-corrected chi connectivity index (χ0v) is 21.6. The molecule has 3 heterocycles. The molecule has 2 aromatic heterocycles. The van der Waals surface area contributed by atoms with Crippen LogP contribution in [0.2, 0.25) is 0 Å². The molecule has 9 nitrogen and oxygen atoms in total. The summed E-state index contributed by atoms with van der Waals surface area (Å²) in [4.78, 5) is 21.6. The Balaban J connectivity index is 1.26. The number of hydrogen-bond donors (Lipinski definition) is 2. The van der Waals surface area contributed by atoms with Crippen LogP contribution >= 0.6 is 0 Å². The van der Waals surface area contributed by atoms with Gasteiger partial charge in [0.15, 0.2) is 6.61 Å². The topological polar surface area (TPSA) is 103 Å². The number of alkyl halides is 3. The third kappa shape index (κ3) is 7.18. The molecule has 208 valence electrons. The van der Waals surface area contributed by atoms with E-state index in [2.05, 4.69) is 20.6 Å². The first-order valence-corrected chi connectivity index (χ1v) is 13.1. The van der Waals surface area contributed by atoms with Crippen molar-refractivity contribution >= 4 is 11.7 Å². The molecular weight excluding hydrogens is 513 g/mol. The number of aryl methyl sites for hydroxylation is 2. The Bertz CT molecular complexity index is 1310. The molecule has 1 atom stereocenters. The van der Waals surface area contributed by atoms with E-state index in [0.717, 1.165) is 35.8 Å². The third-order valence-corrected chi connectivity index (χ3v) is 6.91. The number of nitrogens with zero attached hydrogens (tertiary/aromatic N) is 4. The predicted molar refractivity (Wildman–Crippen MR) is 137 cm³/mol. The lowest BCUT2D eigenvalue weighted by atomic mass is 9.95. The predicted octanol–water partition coefficient (Wildman–Crippen LogP) is 4.32. The SMILES string of the molecule is COc1nccc(NCc2c3c(nn2CCC2CC2)CC(CCc2cccc(OCC(F)(F)F)c2)NC3=O)n1. The number of hydrogen-bond acceptors (Lipinski definition) is 7. The van der Waals surface area contributed by atoms with Gasteiger partial charge in [0.1, 0.15) is 11.6 Å². The Hall–Kier alpha value is -3.83. The standard InChI is InChI=1S/C27H31F3N6O3/c1-38-26-31-11-9-23(34-26)32-15-22-24-21(35-36(22)12-10-17-5-6-17)14-19(33-25(24)37)8-7-18-3-2-4-20(13-18)39-16-27(28,29)30/h2-4,9,11,13,17,19H,5-8,10,12,14-16H2,1H3,(H,33,37)(H,31,32,34). The van der Waals surface area contributed by atoms with E-state index in [4.69, 9.17) is 14.6 Å². The first kappa shape index (κ1) is 26.8. The molecule has 0 bridgehead atoms. The van der Waals surface area contributed by atoms with Crippen LogP contribution in [0.25, 0.3) is 0 Å². The van der Waals surface area contributed by atoms with Crippen molar-refractivity contribution in [2.45, 2.75) is 63.8 Å². The van der Waals surface area contributed by atoms with Crippen molar-refractivity contribution in [2.75, 3.05) is 19.0 Å². The zero-order chi connectivity index (χ0) is 27.4. The molecule has 2 N–H and O–H groups in total. The molecule has 1 saturated carbocycles. The van der Waals surface area contributed by atoms with Crippen LogP contribution < -0.4 is 20.1 Å². The van der Waals surface area contributed by atoms with Crippen LogP contribution in [0.4, 0.5) is 19.0 Å². The summed E-state index contributed by atoms with van der Waals surface area (Å²) in [6, 6.07) is 8.48. The van der Waals surface area contributed by atoms with Gasteiger partial charge in [-0.1, -0.05) is 25.0 Å². The molecule has 1 fully saturated rings. The lowest BCUT2D eigenvalue weighted by Gasteiger charge is -2.23. The molecule has 1 aromatic carbocycles. The van der Waals surface area contributed by atoms with Crippen LogP contribution in [0, 0.1) is 5.92 Å². The quantitative estimate of drug-likeness (QED) is 0.350. The summed E-state index contributed by atoms with van der Waals surface area (Å²) in [6.07, 6.45) is 2.48. The highest BCUT2D eigenvalue weighted by molar-refractivity contribution is 5.97. The summed E-state index contributed by atoms with van der Waals surface area (Å²) in [5.41, 5.74) is 3.01. The van der Waals surface area contributed by atoms with Gasteiger partial charge < -0.3 is 20.1 Å². The van der Waals surface area contributed by atoms with E-state index in [9.17, 15) is 18.0 Å². The summed E-state index contributed by atoms with van der Waals surface area (Å²) < 4.78 is 49.4. The second kappa shape index (κ2) is 11.5. The van der Waals surface area contributed by atoms with Crippen molar-refractivity contribution in [1.29, 1.82) is 0 Å². The number of fused-ring (bicyclic) bond motifs is 1. The van der Waals surface area contributed by atoms with Crippen molar-refractivity contribution in [2.24, 2.45) is 5.92 Å². The number of carbonyl (C=O) groups is 1. The number of halogens is 3. The fourth-order valence-electron chi connectivity index (χ4n) is 4.76. The summed E-state index contributed by atoms with van der Waals surface area (Å²) >= 11 is 0. The molecule has 0 saturated heterocycles. The number of anilines is 1. The molecular formula is C27H31F3N6O3. The van der Waals surface area contributed by atoms with Gasteiger partial charge in [0, 0.05) is 25.2 Å². The Morgan fingerprint density at radius 2 is 2.05 bits per heavy atom. The smallest absolute Gasteiger partial charge is 0.422 e. The van der Waals surface area contributed by atoms with E-state index in [0.29, 0.717) is 37.2 Å². The second-order valence-corrected chi connectivity index (χ2v) is 9.97. The third-order valence-electron chi connectivity index (χ3n) is 6.91. The first-order chi connectivity index (χ1) is 18.8.